The molecule has 3 rings (SSSR count). The zero-order chi connectivity index (χ0) is 17.8. The van der Waals surface area contributed by atoms with Gasteiger partial charge in [0.25, 0.3) is 0 Å². The summed E-state index contributed by atoms with van der Waals surface area (Å²) in [4.78, 5) is 4.76. The van der Waals surface area contributed by atoms with Crippen molar-refractivity contribution < 1.29 is 14.9 Å². The van der Waals surface area contributed by atoms with Gasteiger partial charge in [0.2, 0.25) is 0 Å². The minimum atomic E-state index is -0.807. The number of methoxy groups -OCH3 is 1. The van der Waals surface area contributed by atoms with Gasteiger partial charge in [0.05, 0.1) is 31.0 Å². The van der Waals surface area contributed by atoms with Gasteiger partial charge in [0.15, 0.2) is 0 Å². The van der Waals surface area contributed by atoms with E-state index in [4.69, 9.17) is 14.8 Å². The van der Waals surface area contributed by atoms with Gasteiger partial charge in [-0.15, -0.1) is 0 Å². The number of aliphatic hydroxyl groups is 2. The number of hydrogen-bond acceptors (Lipinski definition) is 5. The zero-order valence-corrected chi connectivity index (χ0v) is 14.4. The number of ether oxygens (including phenoxy) is 1. The third-order valence-electron chi connectivity index (χ3n) is 4.15. The van der Waals surface area contributed by atoms with Gasteiger partial charge in [-0.25, -0.2) is 4.98 Å². The summed E-state index contributed by atoms with van der Waals surface area (Å²) >= 11 is 0. The average Bonchev–Trinajstić information content (AvgIpc) is 2.65. The maximum Gasteiger partial charge on any atom is 0.121 e. The molecule has 25 heavy (non-hydrogen) atoms. The summed E-state index contributed by atoms with van der Waals surface area (Å²) < 4.78 is 5.32. The lowest BCUT2D eigenvalue weighted by Crippen LogP contribution is -2.23. The number of fused-ring (bicyclic) bond motifs is 1. The summed E-state index contributed by atoms with van der Waals surface area (Å²) in [5.41, 5.74) is 4.62. The van der Waals surface area contributed by atoms with E-state index in [9.17, 15) is 5.11 Å². The molecule has 2 aromatic carbocycles. The summed E-state index contributed by atoms with van der Waals surface area (Å²) in [5.74, 6) is 0.842. The number of nitrogens with one attached hydrogen (secondary N) is 1. The molecule has 5 heteroatoms. The van der Waals surface area contributed by atoms with Crippen molar-refractivity contribution in [3.63, 3.8) is 0 Å². The highest BCUT2D eigenvalue weighted by Crippen LogP contribution is 2.30. The van der Waals surface area contributed by atoms with Crippen molar-refractivity contribution in [3.8, 4) is 17.0 Å². The van der Waals surface area contributed by atoms with Gasteiger partial charge < -0.3 is 20.3 Å². The lowest BCUT2D eigenvalue weighted by molar-refractivity contribution is 0.105. The van der Waals surface area contributed by atoms with Gasteiger partial charge in [-0.3, -0.25) is 0 Å². The quantitative estimate of drug-likeness (QED) is 0.644. The number of aryl methyl sites for hydroxylation is 1. The van der Waals surface area contributed by atoms with Gasteiger partial charge >= 0.3 is 0 Å². The first-order chi connectivity index (χ1) is 12.1. The molecule has 0 saturated heterocycles. The molecule has 0 amide bonds. The van der Waals surface area contributed by atoms with Crippen LogP contribution in [0.25, 0.3) is 22.2 Å². The molecule has 0 bridgehead atoms. The number of nitrogens with zero attached hydrogens (tertiary/aromatic N) is 1. The van der Waals surface area contributed by atoms with Crippen molar-refractivity contribution in [2.24, 2.45) is 0 Å². The SMILES string of the molecule is COc1ccc(-c2cc(NC[C@H](O)CO)c3ccccc3n2)cc1C. The fraction of sp³-hybridized carbons (Fsp3) is 0.250. The molecular formula is C20H22N2O3. The maximum absolute atomic E-state index is 9.63. The number of hydrogen-bond donors (Lipinski definition) is 3. The van der Waals surface area contributed by atoms with Crippen molar-refractivity contribution in [2.75, 3.05) is 25.6 Å². The summed E-state index contributed by atoms with van der Waals surface area (Å²) in [7, 11) is 1.66. The largest absolute Gasteiger partial charge is 0.496 e. The van der Waals surface area contributed by atoms with E-state index in [-0.39, 0.29) is 13.2 Å². The topological polar surface area (TPSA) is 74.6 Å². The maximum atomic E-state index is 9.63. The van der Waals surface area contributed by atoms with Crippen LogP contribution in [0, 0.1) is 6.92 Å². The minimum absolute atomic E-state index is 0.269. The Hall–Kier alpha value is -2.63. The standard InChI is InChI=1S/C20H22N2O3/c1-13-9-14(7-8-20(13)25-2)18-10-19(21-11-15(24)12-23)16-5-3-4-6-17(16)22-18/h3-10,15,23-24H,11-12H2,1-2H3,(H,21,22)/t15-/m0/s1. The Bertz CT molecular complexity index is 880. The number of rotatable bonds is 6. The predicted molar refractivity (Wildman–Crippen MR) is 100 cm³/mol. The highest BCUT2D eigenvalue weighted by molar-refractivity contribution is 5.93. The molecule has 1 heterocycles. The fourth-order valence-electron chi connectivity index (χ4n) is 2.80. The smallest absolute Gasteiger partial charge is 0.121 e. The first-order valence-electron chi connectivity index (χ1n) is 8.20. The van der Waals surface area contributed by atoms with Crippen LogP contribution in [-0.4, -0.2) is 41.6 Å². The summed E-state index contributed by atoms with van der Waals surface area (Å²) in [6.45, 7) is 1.99. The van der Waals surface area contributed by atoms with Gasteiger partial charge in [0.1, 0.15) is 5.75 Å². The van der Waals surface area contributed by atoms with Crippen molar-refractivity contribution in [2.45, 2.75) is 13.0 Å². The van der Waals surface area contributed by atoms with Crippen molar-refractivity contribution >= 4 is 16.6 Å². The third-order valence-corrected chi connectivity index (χ3v) is 4.15. The Morgan fingerprint density at radius 1 is 1.16 bits per heavy atom. The molecule has 130 valence electrons. The Labute approximate surface area is 146 Å². The highest BCUT2D eigenvalue weighted by atomic mass is 16.5. The van der Waals surface area contributed by atoms with E-state index in [1.54, 1.807) is 7.11 Å². The lowest BCUT2D eigenvalue weighted by Gasteiger charge is -2.14. The number of aromatic nitrogens is 1. The van der Waals surface area contributed by atoms with Crippen LogP contribution in [-0.2, 0) is 0 Å². The van der Waals surface area contributed by atoms with E-state index in [0.29, 0.717) is 0 Å². The highest BCUT2D eigenvalue weighted by Gasteiger charge is 2.10. The molecule has 1 aromatic heterocycles. The van der Waals surface area contributed by atoms with Crippen LogP contribution in [0.2, 0.25) is 0 Å². The Morgan fingerprint density at radius 2 is 1.96 bits per heavy atom. The molecular weight excluding hydrogens is 316 g/mol. The van der Waals surface area contributed by atoms with Crippen LogP contribution in [0.15, 0.2) is 48.5 Å². The molecule has 0 spiro atoms. The van der Waals surface area contributed by atoms with Gasteiger partial charge in [0, 0.05) is 23.2 Å². The van der Waals surface area contributed by atoms with Gasteiger partial charge in [-0.2, -0.15) is 0 Å². The third kappa shape index (κ3) is 3.73. The van der Waals surface area contributed by atoms with E-state index in [1.165, 1.54) is 0 Å². The monoisotopic (exact) mass is 338 g/mol. The molecule has 0 aliphatic carbocycles. The molecule has 1 atom stereocenters. The first kappa shape index (κ1) is 17.2. The van der Waals surface area contributed by atoms with Gasteiger partial charge in [-0.1, -0.05) is 18.2 Å². The summed E-state index contributed by atoms with van der Waals surface area (Å²) in [6, 6.07) is 15.8. The number of benzene rings is 2. The van der Waals surface area contributed by atoms with E-state index in [0.717, 1.165) is 39.2 Å². The molecule has 0 radical (unpaired) electrons. The number of pyridine rings is 1. The molecule has 0 unspecified atom stereocenters. The van der Waals surface area contributed by atoms with Crippen LogP contribution in [0.1, 0.15) is 5.56 Å². The molecule has 0 fully saturated rings. The minimum Gasteiger partial charge on any atom is -0.496 e. The fourth-order valence-corrected chi connectivity index (χ4v) is 2.80. The van der Waals surface area contributed by atoms with Crippen molar-refractivity contribution in [3.05, 3.63) is 54.1 Å². The predicted octanol–water partition coefficient (Wildman–Crippen LogP) is 2.98. The van der Waals surface area contributed by atoms with E-state index >= 15 is 0 Å². The Kier molecular flexibility index (Phi) is 5.16. The Morgan fingerprint density at radius 3 is 2.68 bits per heavy atom. The Balaban J connectivity index is 2.05. The van der Waals surface area contributed by atoms with Crippen molar-refractivity contribution in [1.29, 1.82) is 0 Å². The second-order valence-corrected chi connectivity index (χ2v) is 5.97. The van der Waals surface area contributed by atoms with Crippen LogP contribution in [0.3, 0.4) is 0 Å². The molecule has 0 aliphatic heterocycles. The first-order valence-corrected chi connectivity index (χ1v) is 8.20. The summed E-state index contributed by atoms with van der Waals surface area (Å²) in [6.07, 6.45) is -0.807. The second-order valence-electron chi connectivity index (χ2n) is 5.97. The molecule has 3 aromatic rings. The van der Waals surface area contributed by atoms with E-state index in [2.05, 4.69) is 5.32 Å². The zero-order valence-electron chi connectivity index (χ0n) is 14.4. The number of para-hydroxylation sites is 1. The van der Waals surface area contributed by atoms with E-state index in [1.807, 2.05) is 55.5 Å². The average molecular weight is 338 g/mol. The van der Waals surface area contributed by atoms with Crippen LogP contribution in [0.5, 0.6) is 5.75 Å². The normalized spacial score (nSPS) is 12.2. The van der Waals surface area contributed by atoms with E-state index < -0.39 is 6.10 Å². The van der Waals surface area contributed by atoms with Crippen molar-refractivity contribution in [1.82, 2.24) is 4.98 Å². The second kappa shape index (κ2) is 7.51. The molecule has 5 nitrogen and oxygen atoms in total. The van der Waals surface area contributed by atoms with Crippen LogP contribution in [0.4, 0.5) is 5.69 Å². The molecule has 0 aliphatic rings. The lowest BCUT2D eigenvalue weighted by atomic mass is 10.0. The van der Waals surface area contributed by atoms with Crippen LogP contribution < -0.4 is 10.1 Å². The molecule has 3 N–H and O–H groups in total. The van der Waals surface area contributed by atoms with Crippen LogP contribution >= 0.6 is 0 Å². The molecule has 0 saturated carbocycles. The number of anilines is 1. The number of aliphatic hydroxyl groups excluding tert-OH is 2. The van der Waals surface area contributed by atoms with Gasteiger partial charge in [-0.05, 0) is 42.8 Å². The summed E-state index contributed by atoms with van der Waals surface area (Å²) in [5, 5.41) is 22.8.